The summed E-state index contributed by atoms with van der Waals surface area (Å²) in [4.78, 5) is 9.27. The van der Waals surface area contributed by atoms with Crippen LogP contribution in [0.3, 0.4) is 0 Å². The molecule has 1 aromatic heterocycles. The third-order valence-corrected chi connectivity index (χ3v) is 5.34. The monoisotopic (exact) mass is 335 g/mol. The SMILES string of the molecule is CN(CCO)C1CCN(c2nc(-c3ccc(F)cc3)cs2)CC1. The summed E-state index contributed by atoms with van der Waals surface area (Å²) in [5.74, 6) is -0.224. The van der Waals surface area contributed by atoms with E-state index >= 15 is 0 Å². The van der Waals surface area contributed by atoms with Gasteiger partial charge in [0.25, 0.3) is 0 Å². The smallest absolute Gasteiger partial charge is 0.185 e. The van der Waals surface area contributed by atoms with E-state index in [1.54, 1.807) is 23.5 Å². The van der Waals surface area contributed by atoms with E-state index in [0.717, 1.165) is 48.9 Å². The zero-order valence-electron chi connectivity index (χ0n) is 13.3. The van der Waals surface area contributed by atoms with Crippen LogP contribution >= 0.6 is 11.3 Å². The lowest BCUT2D eigenvalue weighted by atomic mass is 10.0. The van der Waals surface area contributed by atoms with Crippen LogP contribution in [0.1, 0.15) is 12.8 Å². The van der Waals surface area contributed by atoms with Crippen molar-refractivity contribution in [1.82, 2.24) is 9.88 Å². The molecule has 4 nitrogen and oxygen atoms in total. The second-order valence-corrected chi connectivity index (χ2v) is 6.78. The standard InChI is InChI=1S/C17H22FN3OS/c1-20(10-11-22)15-6-8-21(9-7-15)17-19-16(12-23-17)13-2-4-14(18)5-3-13/h2-5,12,15,22H,6-11H2,1H3. The van der Waals surface area contributed by atoms with Gasteiger partial charge < -0.3 is 14.9 Å². The summed E-state index contributed by atoms with van der Waals surface area (Å²) in [6.07, 6.45) is 2.17. The molecule has 1 aromatic carbocycles. The maximum Gasteiger partial charge on any atom is 0.185 e. The fourth-order valence-corrected chi connectivity index (χ4v) is 3.89. The van der Waals surface area contributed by atoms with Gasteiger partial charge in [0.15, 0.2) is 5.13 Å². The fraction of sp³-hybridized carbons (Fsp3) is 0.471. The summed E-state index contributed by atoms with van der Waals surface area (Å²) in [5.41, 5.74) is 1.86. The van der Waals surface area contributed by atoms with E-state index < -0.39 is 0 Å². The Hall–Kier alpha value is -1.50. The molecular weight excluding hydrogens is 313 g/mol. The van der Waals surface area contributed by atoms with E-state index in [1.165, 1.54) is 12.1 Å². The molecule has 1 aliphatic heterocycles. The topological polar surface area (TPSA) is 39.6 Å². The van der Waals surface area contributed by atoms with E-state index in [4.69, 9.17) is 10.1 Å². The van der Waals surface area contributed by atoms with Gasteiger partial charge in [-0.1, -0.05) is 0 Å². The second-order valence-electron chi connectivity index (χ2n) is 5.94. The Morgan fingerprint density at radius 1 is 1.30 bits per heavy atom. The molecule has 0 bridgehead atoms. The summed E-state index contributed by atoms with van der Waals surface area (Å²) < 4.78 is 13.0. The van der Waals surface area contributed by atoms with Crippen LogP contribution in [0.5, 0.6) is 0 Å². The normalized spacial score (nSPS) is 16.3. The predicted molar refractivity (Wildman–Crippen MR) is 92.5 cm³/mol. The molecule has 1 N–H and O–H groups in total. The summed E-state index contributed by atoms with van der Waals surface area (Å²) in [5, 5.41) is 12.1. The second kappa shape index (κ2) is 7.38. The van der Waals surface area contributed by atoms with Crippen molar-refractivity contribution in [3.8, 4) is 11.3 Å². The molecule has 0 amide bonds. The molecule has 0 aliphatic carbocycles. The minimum atomic E-state index is -0.224. The van der Waals surface area contributed by atoms with Gasteiger partial charge in [-0.15, -0.1) is 11.3 Å². The van der Waals surface area contributed by atoms with E-state index in [0.29, 0.717) is 6.04 Å². The number of thiazole rings is 1. The minimum absolute atomic E-state index is 0.213. The molecule has 1 saturated heterocycles. The molecule has 124 valence electrons. The van der Waals surface area contributed by atoms with Gasteiger partial charge in [0.1, 0.15) is 5.82 Å². The molecule has 0 spiro atoms. The number of benzene rings is 1. The molecule has 0 atom stereocenters. The molecule has 6 heteroatoms. The van der Waals surface area contributed by atoms with Crippen LogP contribution in [-0.4, -0.2) is 54.3 Å². The number of aliphatic hydroxyl groups is 1. The number of nitrogens with zero attached hydrogens (tertiary/aromatic N) is 3. The van der Waals surface area contributed by atoms with Gasteiger partial charge in [-0.05, 0) is 44.2 Å². The zero-order valence-corrected chi connectivity index (χ0v) is 14.1. The summed E-state index contributed by atoms with van der Waals surface area (Å²) in [7, 11) is 2.08. The van der Waals surface area contributed by atoms with Crippen LogP contribution in [0.4, 0.5) is 9.52 Å². The van der Waals surface area contributed by atoms with Gasteiger partial charge in [-0.2, -0.15) is 0 Å². The zero-order chi connectivity index (χ0) is 16.2. The predicted octanol–water partition coefficient (Wildman–Crippen LogP) is 2.84. The first kappa shape index (κ1) is 16.4. The highest BCUT2D eigenvalue weighted by atomic mass is 32.1. The minimum Gasteiger partial charge on any atom is -0.395 e. The average molecular weight is 335 g/mol. The van der Waals surface area contributed by atoms with E-state index in [-0.39, 0.29) is 12.4 Å². The Bertz CT molecular complexity index is 623. The molecule has 0 saturated carbocycles. The summed E-state index contributed by atoms with van der Waals surface area (Å²) in [6, 6.07) is 7.01. The molecule has 3 rings (SSSR count). The average Bonchev–Trinajstić information content (AvgIpc) is 3.06. The highest BCUT2D eigenvalue weighted by Crippen LogP contribution is 2.29. The van der Waals surface area contributed by atoms with Crippen molar-refractivity contribution in [3.63, 3.8) is 0 Å². The molecule has 1 aliphatic rings. The lowest BCUT2D eigenvalue weighted by molar-refractivity contribution is 0.162. The molecule has 2 heterocycles. The molecule has 2 aromatic rings. The molecular formula is C17H22FN3OS. The van der Waals surface area contributed by atoms with Crippen LogP contribution in [0.2, 0.25) is 0 Å². The maximum atomic E-state index is 13.0. The van der Waals surface area contributed by atoms with E-state index in [9.17, 15) is 4.39 Å². The van der Waals surface area contributed by atoms with Crippen LogP contribution in [0.15, 0.2) is 29.6 Å². The van der Waals surface area contributed by atoms with Crippen molar-refractivity contribution in [2.24, 2.45) is 0 Å². The van der Waals surface area contributed by atoms with Gasteiger partial charge in [0.05, 0.1) is 12.3 Å². The summed E-state index contributed by atoms with van der Waals surface area (Å²) >= 11 is 1.64. The van der Waals surface area contributed by atoms with Crippen molar-refractivity contribution >= 4 is 16.5 Å². The third kappa shape index (κ3) is 3.88. The molecule has 0 radical (unpaired) electrons. The quantitative estimate of drug-likeness (QED) is 0.912. The lowest BCUT2D eigenvalue weighted by Gasteiger charge is -2.36. The van der Waals surface area contributed by atoms with Crippen LogP contribution in [-0.2, 0) is 0 Å². The third-order valence-electron chi connectivity index (χ3n) is 4.44. The number of halogens is 1. The number of hydrogen-bond acceptors (Lipinski definition) is 5. The highest BCUT2D eigenvalue weighted by Gasteiger charge is 2.23. The number of likely N-dealkylation sites (N-methyl/N-ethyl adjacent to an activating group) is 1. The number of anilines is 1. The van der Waals surface area contributed by atoms with Gasteiger partial charge in [0, 0.05) is 36.6 Å². The van der Waals surface area contributed by atoms with E-state index in [2.05, 4.69) is 16.8 Å². The highest BCUT2D eigenvalue weighted by molar-refractivity contribution is 7.14. The van der Waals surface area contributed by atoms with Gasteiger partial charge in [0.2, 0.25) is 0 Å². The van der Waals surface area contributed by atoms with Gasteiger partial charge in [-0.3, -0.25) is 0 Å². The van der Waals surface area contributed by atoms with Crippen molar-refractivity contribution < 1.29 is 9.50 Å². The van der Waals surface area contributed by atoms with Crippen LogP contribution in [0, 0.1) is 5.82 Å². The summed E-state index contributed by atoms with van der Waals surface area (Å²) in [6.45, 7) is 2.91. The number of rotatable bonds is 5. The van der Waals surface area contributed by atoms with Crippen molar-refractivity contribution in [1.29, 1.82) is 0 Å². The Kier molecular flexibility index (Phi) is 5.25. The molecule has 23 heavy (non-hydrogen) atoms. The maximum absolute atomic E-state index is 13.0. The Balaban J connectivity index is 1.62. The lowest BCUT2D eigenvalue weighted by Crippen LogP contribution is -2.44. The first-order chi connectivity index (χ1) is 11.2. The largest absolute Gasteiger partial charge is 0.395 e. The van der Waals surface area contributed by atoms with Crippen molar-refractivity contribution in [3.05, 3.63) is 35.5 Å². The molecule has 1 fully saturated rings. The van der Waals surface area contributed by atoms with Crippen molar-refractivity contribution in [2.75, 3.05) is 38.2 Å². The molecule has 0 unspecified atom stereocenters. The Morgan fingerprint density at radius 3 is 2.65 bits per heavy atom. The van der Waals surface area contributed by atoms with E-state index in [1.807, 2.05) is 5.38 Å². The number of piperidine rings is 1. The van der Waals surface area contributed by atoms with Crippen LogP contribution in [0.25, 0.3) is 11.3 Å². The van der Waals surface area contributed by atoms with Gasteiger partial charge >= 0.3 is 0 Å². The van der Waals surface area contributed by atoms with Crippen LogP contribution < -0.4 is 4.90 Å². The number of aliphatic hydroxyl groups excluding tert-OH is 1. The number of aromatic nitrogens is 1. The van der Waals surface area contributed by atoms with Crippen molar-refractivity contribution in [2.45, 2.75) is 18.9 Å². The fourth-order valence-electron chi connectivity index (χ4n) is 3.00. The van der Waals surface area contributed by atoms with Gasteiger partial charge in [-0.25, -0.2) is 9.37 Å². The first-order valence-electron chi connectivity index (χ1n) is 7.95. The first-order valence-corrected chi connectivity index (χ1v) is 8.83. The Labute approximate surface area is 140 Å². The Morgan fingerprint density at radius 2 is 2.00 bits per heavy atom. The number of hydrogen-bond donors (Lipinski definition) is 1.